The lowest BCUT2D eigenvalue weighted by Crippen LogP contribution is -2.74. The molecule has 6 nitrogen and oxygen atoms in total. The fourth-order valence-corrected chi connectivity index (χ4v) is 3.61. The lowest BCUT2D eigenvalue weighted by molar-refractivity contribution is -0.462. The molecule has 0 aliphatic carbocycles. The number of carbonyl (C=O) groups excluding carboxylic acids is 3. The van der Waals surface area contributed by atoms with E-state index in [-0.39, 0.29) is 0 Å². The first-order valence-corrected chi connectivity index (χ1v) is 11.1. The zero-order valence-corrected chi connectivity index (χ0v) is 21.0. The summed E-state index contributed by atoms with van der Waals surface area (Å²) < 4.78 is 242. The topological polar surface area (TPSA) is 78.9 Å². The van der Waals surface area contributed by atoms with Crippen LogP contribution in [0, 0.1) is 5.41 Å². The number of hydrogen-bond donors (Lipinski definition) is 0. The van der Waals surface area contributed by atoms with E-state index in [0.29, 0.717) is 0 Å². The summed E-state index contributed by atoms with van der Waals surface area (Å²) in [5.41, 5.74) is -3.00. The molecule has 1 fully saturated rings. The minimum atomic E-state index is -8.79. The number of halogens is 17. The van der Waals surface area contributed by atoms with Crippen molar-refractivity contribution in [3.63, 3.8) is 0 Å². The van der Waals surface area contributed by atoms with Crippen LogP contribution in [0.2, 0.25) is 0 Å². The Bertz CT molecular complexity index is 1070. The summed E-state index contributed by atoms with van der Waals surface area (Å²) >= 11 is 0. The highest BCUT2D eigenvalue weighted by Crippen LogP contribution is 2.64. The van der Waals surface area contributed by atoms with Crippen molar-refractivity contribution in [1.29, 1.82) is 0 Å². The van der Waals surface area contributed by atoms with Gasteiger partial charge in [-0.05, 0) is 13.8 Å². The van der Waals surface area contributed by atoms with E-state index in [1.54, 1.807) is 0 Å². The summed E-state index contributed by atoms with van der Waals surface area (Å²) in [4.78, 5) is 36.4. The summed E-state index contributed by atoms with van der Waals surface area (Å²) in [5, 5.41) is 0. The maximum Gasteiger partial charge on any atom is 0.460 e. The fraction of sp³-hybridized carbons (Fsp3) is 0.850. The van der Waals surface area contributed by atoms with Crippen LogP contribution in [0.5, 0.6) is 0 Å². The van der Waals surface area contributed by atoms with Gasteiger partial charge in [-0.3, -0.25) is 14.4 Å². The average molecular weight is 676 g/mol. The van der Waals surface area contributed by atoms with Crippen LogP contribution in [0.1, 0.15) is 33.1 Å². The van der Waals surface area contributed by atoms with Gasteiger partial charge in [-0.1, -0.05) is 0 Å². The molecule has 0 aromatic heterocycles. The summed E-state index contributed by atoms with van der Waals surface area (Å²) in [6.45, 7) is 1.26. The molecule has 0 saturated carbocycles. The Morgan fingerprint density at radius 2 is 1.09 bits per heavy atom. The third-order valence-electron chi connectivity index (χ3n) is 5.93. The molecule has 0 radical (unpaired) electrons. The third-order valence-corrected chi connectivity index (χ3v) is 5.93. The molecule has 2 atom stereocenters. The van der Waals surface area contributed by atoms with Gasteiger partial charge in [-0.15, -0.1) is 0 Å². The van der Waals surface area contributed by atoms with E-state index in [1.807, 2.05) is 0 Å². The van der Waals surface area contributed by atoms with E-state index in [9.17, 15) is 89.0 Å². The SMILES string of the molecule is CCOC(=O)CC1(C(=O)OCC)CC(CC(F)(F)C(F)(F)C(F)(F)C(F)(F)C(F)(F)C(F)(F)C(F)(F)C(F)(F)F)OC1=O. The smallest absolute Gasteiger partial charge is 0.460 e. The molecule has 1 aliphatic heterocycles. The number of cyclic esters (lactones) is 1. The normalized spacial score (nSPS) is 21.5. The van der Waals surface area contributed by atoms with E-state index in [0.717, 1.165) is 6.92 Å². The molecular formula is C20H17F17O6. The molecule has 1 saturated heterocycles. The van der Waals surface area contributed by atoms with Gasteiger partial charge < -0.3 is 14.2 Å². The standard InChI is InChI=1S/C20H17F17O6/c1-3-41-9(38)7-12(10(39)42-4-2)5-8(43-11(12)40)6-13(21,22)14(23,24)15(25,26)16(27,28)17(29,30)18(31,32)19(33,34)20(35,36)37/h8H,3-7H2,1-2H3. The van der Waals surface area contributed by atoms with Crippen LogP contribution >= 0.6 is 0 Å². The largest absolute Gasteiger partial charge is 0.466 e. The summed E-state index contributed by atoms with van der Waals surface area (Å²) in [6.07, 6.45) is -17.0. The van der Waals surface area contributed by atoms with Crippen molar-refractivity contribution in [1.82, 2.24) is 0 Å². The maximum absolute atomic E-state index is 14.4. The number of esters is 3. The molecule has 0 N–H and O–H groups in total. The van der Waals surface area contributed by atoms with Crippen molar-refractivity contribution in [3.8, 4) is 0 Å². The molecule has 252 valence electrons. The third kappa shape index (κ3) is 5.75. The number of ether oxygens (including phenoxy) is 3. The van der Waals surface area contributed by atoms with Crippen LogP contribution in [0.15, 0.2) is 0 Å². The highest BCUT2D eigenvalue weighted by Gasteiger charge is 2.95. The molecule has 23 heteroatoms. The molecule has 0 spiro atoms. The minimum absolute atomic E-state index is 0.428. The van der Waals surface area contributed by atoms with Gasteiger partial charge in [0.1, 0.15) is 6.10 Å². The maximum atomic E-state index is 14.4. The molecule has 0 aromatic carbocycles. The average Bonchev–Trinajstić information content (AvgIpc) is 3.12. The lowest BCUT2D eigenvalue weighted by atomic mass is 9.80. The summed E-state index contributed by atoms with van der Waals surface area (Å²) in [5.74, 6) is -63.1. The van der Waals surface area contributed by atoms with E-state index < -0.39 is 110 Å². The van der Waals surface area contributed by atoms with Gasteiger partial charge in [-0.25, -0.2) is 0 Å². The van der Waals surface area contributed by atoms with Crippen molar-refractivity contribution in [3.05, 3.63) is 0 Å². The van der Waals surface area contributed by atoms with E-state index in [1.165, 1.54) is 6.92 Å². The first-order valence-electron chi connectivity index (χ1n) is 11.1. The Labute approximate surface area is 227 Å². The van der Waals surface area contributed by atoms with Gasteiger partial charge in [-0.2, -0.15) is 74.6 Å². The number of hydrogen-bond acceptors (Lipinski definition) is 6. The second-order valence-electron chi connectivity index (χ2n) is 8.87. The van der Waals surface area contributed by atoms with Gasteiger partial charge in [0.15, 0.2) is 5.41 Å². The van der Waals surface area contributed by atoms with Gasteiger partial charge in [0.2, 0.25) is 0 Å². The van der Waals surface area contributed by atoms with Gasteiger partial charge in [0, 0.05) is 6.42 Å². The van der Waals surface area contributed by atoms with Gasteiger partial charge >= 0.3 is 65.5 Å². The first-order chi connectivity index (χ1) is 18.9. The van der Waals surface area contributed by atoms with Crippen molar-refractivity contribution >= 4 is 17.9 Å². The van der Waals surface area contributed by atoms with Crippen LogP contribution in [-0.4, -0.2) is 84.9 Å². The van der Waals surface area contributed by atoms with E-state index >= 15 is 0 Å². The van der Waals surface area contributed by atoms with E-state index in [2.05, 4.69) is 14.2 Å². The van der Waals surface area contributed by atoms with Gasteiger partial charge in [0.25, 0.3) is 0 Å². The Hall–Kier alpha value is -2.78. The highest BCUT2D eigenvalue weighted by molar-refractivity contribution is 6.04. The molecule has 0 bridgehead atoms. The van der Waals surface area contributed by atoms with Crippen LogP contribution in [0.25, 0.3) is 0 Å². The summed E-state index contributed by atoms with van der Waals surface area (Å²) in [6, 6.07) is 0. The van der Waals surface area contributed by atoms with Crippen molar-refractivity contribution in [2.45, 2.75) is 86.8 Å². The molecular weight excluding hydrogens is 659 g/mol. The lowest BCUT2D eigenvalue weighted by Gasteiger charge is -2.43. The Kier molecular flexibility index (Phi) is 10.0. The number of carbonyl (C=O) groups is 3. The minimum Gasteiger partial charge on any atom is -0.466 e. The second-order valence-corrected chi connectivity index (χ2v) is 8.87. The number of alkyl halides is 17. The van der Waals surface area contributed by atoms with Crippen LogP contribution in [-0.2, 0) is 28.6 Å². The van der Waals surface area contributed by atoms with Crippen molar-refractivity contribution in [2.24, 2.45) is 5.41 Å². The fourth-order valence-electron chi connectivity index (χ4n) is 3.61. The molecule has 1 heterocycles. The van der Waals surface area contributed by atoms with Crippen molar-refractivity contribution < 1.29 is 103 Å². The Morgan fingerprint density at radius 3 is 1.49 bits per heavy atom. The molecule has 43 heavy (non-hydrogen) atoms. The van der Waals surface area contributed by atoms with E-state index in [4.69, 9.17) is 0 Å². The van der Waals surface area contributed by atoms with Crippen molar-refractivity contribution in [2.75, 3.05) is 13.2 Å². The molecule has 0 amide bonds. The molecule has 1 aliphatic rings. The molecule has 2 unspecified atom stereocenters. The number of rotatable bonds is 13. The molecule has 0 aromatic rings. The first kappa shape index (κ1) is 38.2. The monoisotopic (exact) mass is 676 g/mol. The Balaban J connectivity index is 3.54. The molecule has 1 rings (SSSR count). The zero-order valence-electron chi connectivity index (χ0n) is 21.0. The quantitative estimate of drug-likeness (QED) is 0.100. The predicted octanol–water partition coefficient (Wildman–Crippen LogP) is 6.20. The predicted molar refractivity (Wildman–Crippen MR) is 100 cm³/mol. The van der Waals surface area contributed by atoms with Crippen LogP contribution < -0.4 is 0 Å². The summed E-state index contributed by atoms with van der Waals surface area (Å²) in [7, 11) is 0. The second kappa shape index (κ2) is 11.3. The van der Waals surface area contributed by atoms with Crippen LogP contribution in [0.4, 0.5) is 74.6 Å². The van der Waals surface area contributed by atoms with Gasteiger partial charge in [0.05, 0.1) is 26.1 Å². The Morgan fingerprint density at radius 1 is 0.698 bits per heavy atom. The van der Waals surface area contributed by atoms with Crippen LogP contribution in [0.3, 0.4) is 0 Å². The highest BCUT2D eigenvalue weighted by atomic mass is 19.4. The zero-order chi connectivity index (χ0) is 34.5.